The van der Waals surface area contributed by atoms with Gasteiger partial charge in [0.2, 0.25) is 0 Å². The summed E-state index contributed by atoms with van der Waals surface area (Å²) in [5.74, 6) is -0.428. The zero-order valence-corrected chi connectivity index (χ0v) is 12.1. The molecule has 1 atom stereocenters. The van der Waals surface area contributed by atoms with Crippen LogP contribution in [0.4, 0.5) is 0 Å². The monoisotopic (exact) mass is 286 g/mol. The number of methoxy groups -OCH3 is 1. The van der Waals surface area contributed by atoms with E-state index < -0.39 is 22.2 Å². The molecule has 0 spiro atoms. The van der Waals surface area contributed by atoms with Crippen molar-refractivity contribution in [3.63, 3.8) is 0 Å². The summed E-state index contributed by atoms with van der Waals surface area (Å²) in [6.07, 6.45) is 1.88. The lowest BCUT2D eigenvalue weighted by molar-refractivity contribution is 0.0600. The summed E-state index contributed by atoms with van der Waals surface area (Å²) in [5.41, 5.74) is 1.14. The second-order valence-corrected chi connectivity index (χ2v) is 5.79. The van der Waals surface area contributed by atoms with Gasteiger partial charge in [0, 0.05) is 0 Å². The summed E-state index contributed by atoms with van der Waals surface area (Å²) in [6.45, 7) is 1.95. The number of carbonyl (C=O) groups excluding carboxylic acids is 1. The molecule has 0 aliphatic carbocycles. The van der Waals surface area contributed by atoms with Gasteiger partial charge in [0.05, 0.1) is 18.9 Å². The molecule has 5 nitrogen and oxygen atoms in total. The Bertz CT molecular complexity index is 518. The maximum absolute atomic E-state index is 11.3. The standard InChI is InChI=1S/C13H18O5S/c1-4-5-12(18-19(3,15)16)10-6-8-11(9-7-10)13(14)17-2/h6-9,12H,4-5H2,1-3H3. The highest BCUT2D eigenvalue weighted by Gasteiger charge is 2.17. The summed E-state index contributed by atoms with van der Waals surface area (Å²) in [5, 5.41) is 0. The molecule has 0 aliphatic rings. The highest BCUT2D eigenvalue weighted by molar-refractivity contribution is 7.86. The van der Waals surface area contributed by atoms with E-state index in [1.807, 2.05) is 6.92 Å². The highest BCUT2D eigenvalue weighted by atomic mass is 32.2. The molecule has 0 aliphatic heterocycles. The third-order valence-corrected chi connectivity index (χ3v) is 3.13. The third kappa shape index (κ3) is 5.00. The second-order valence-electron chi connectivity index (χ2n) is 4.19. The number of hydrogen-bond donors (Lipinski definition) is 0. The second kappa shape index (κ2) is 6.68. The minimum atomic E-state index is -3.52. The van der Waals surface area contributed by atoms with Crippen molar-refractivity contribution >= 4 is 16.1 Å². The summed E-state index contributed by atoms with van der Waals surface area (Å²) in [6, 6.07) is 6.54. The Morgan fingerprint density at radius 2 is 1.84 bits per heavy atom. The fourth-order valence-electron chi connectivity index (χ4n) is 1.70. The Labute approximate surface area is 113 Å². The van der Waals surface area contributed by atoms with Gasteiger partial charge in [-0.05, 0) is 24.1 Å². The van der Waals surface area contributed by atoms with E-state index in [2.05, 4.69) is 4.74 Å². The average Bonchev–Trinajstić information content (AvgIpc) is 2.36. The van der Waals surface area contributed by atoms with Gasteiger partial charge < -0.3 is 4.74 Å². The first-order chi connectivity index (χ1) is 8.87. The van der Waals surface area contributed by atoms with Crippen molar-refractivity contribution in [2.24, 2.45) is 0 Å². The lowest BCUT2D eigenvalue weighted by Crippen LogP contribution is -2.11. The van der Waals surface area contributed by atoms with Gasteiger partial charge in [-0.3, -0.25) is 4.18 Å². The maximum atomic E-state index is 11.3. The van der Waals surface area contributed by atoms with Crippen molar-refractivity contribution < 1.29 is 22.1 Å². The smallest absolute Gasteiger partial charge is 0.337 e. The topological polar surface area (TPSA) is 69.7 Å². The Balaban J connectivity index is 2.94. The van der Waals surface area contributed by atoms with Crippen LogP contribution in [0.25, 0.3) is 0 Å². The predicted molar refractivity (Wildman–Crippen MR) is 71.4 cm³/mol. The zero-order chi connectivity index (χ0) is 14.5. The summed E-state index contributed by atoms with van der Waals surface area (Å²) >= 11 is 0. The molecule has 0 bridgehead atoms. The molecule has 19 heavy (non-hydrogen) atoms. The van der Waals surface area contributed by atoms with Gasteiger partial charge in [-0.1, -0.05) is 25.5 Å². The Kier molecular flexibility index (Phi) is 5.50. The van der Waals surface area contributed by atoms with Crippen LogP contribution in [0.15, 0.2) is 24.3 Å². The molecule has 0 heterocycles. The zero-order valence-electron chi connectivity index (χ0n) is 11.3. The molecule has 0 radical (unpaired) electrons. The summed E-state index contributed by atoms with van der Waals surface area (Å²) in [7, 11) is -2.21. The number of hydrogen-bond acceptors (Lipinski definition) is 5. The Hall–Kier alpha value is -1.40. The van der Waals surface area contributed by atoms with Crippen LogP contribution in [-0.2, 0) is 19.0 Å². The number of carbonyl (C=O) groups is 1. The molecule has 0 fully saturated rings. The van der Waals surface area contributed by atoms with Crippen LogP contribution in [0, 0.1) is 0 Å². The van der Waals surface area contributed by atoms with Gasteiger partial charge in [-0.2, -0.15) is 8.42 Å². The minimum absolute atomic E-state index is 0.417. The predicted octanol–water partition coefficient (Wildman–Crippen LogP) is 2.29. The van der Waals surface area contributed by atoms with E-state index in [1.165, 1.54) is 7.11 Å². The third-order valence-electron chi connectivity index (χ3n) is 2.55. The maximum Gasteiger partial charge on any atom is 0.337 e. The molecule has 0 saturated heterocycles. The van der Waals surface area contributed by atoms with Crippen LogP contribution in [-0.4, -0.2) is 27.8 Å². The van der Waals surface area contributed by atoms with Gasteiger partial charge in [0.25, 0.3) is 10.1 Å². The minimum Gasteiger partial charge on any atom is -0.465 e. The van der Waals surface area contributed by atoms with Gasteiger partial charge in [-0.15, -0.1) is 0 Å². The first kappa shape index (κ1) is 15.7. The van der Waals surface area contributed by atoms with E-state index in [0.717, 1.165) is 18.2 Å². The van der Waals surface area contributed by atoms with E-state index in [-0.39, 0.29) is 0 Å². The van der Waals surface area contributed by atoms with Crippen LogP contribution >= 0.6 is 0 Å². The molecule has 1 unspecified atom stereocenters. The molecule has 0 aromatic heterocycles. The molecule has 0 amide bonds. The van der Waals surface area contributed by atoms with E-state index in [9.17, 15) is 13.2 Å². The fraction of sp³-hybridized carbons (Fsp3) is 0.462. The van der Waals surface area contributed by atoms with E-state index >= 15 is 0 Å². The largest absolute Gasteiger partial charge is 0.465 e. The molecule has 1 rings (SSSR count). The van der Waals surface area contributed by atoms with Crippen molar-refractivity contribution in [3.05, 3.63) is 35.4 Å². The Morgan fingerprint density at radius 1 is 1.26 bits per heavy atom. The lowest BCUT2D eigenvalue weighted by atomic mass is 10.0. The van der Waals surface area contributed by atoms with Gasteiger partial charge >= 0.3 is 5.97 Å². The van der Waals surface area contributed by atoms with Crippen molar-refractivity contribution in [1.82, 2.24) is 0 Å². The van der Waals surface area contributed by atoms with Crippen molar-refractivity contribution in [2.75, 3.05) is 13.4 Å². The van der Waals surface area contributed by atoms with Crippen LogP contribution in [0.2, 0.25) is 0 Å². The van der Waals surface area contributed by atoms with Crippen molar-refractivity contribution in [3.8, 4) is 0 Å². The number of rotatable bonds is 6. The van der Waals surface area contributed by atoms with E-state index in [4.69, 9.17) is 4.18 Å². The fourth-order valence-corrected chi connectivity index (χ4v) is 2.32. The molecular weight excluding hydrogens is 268 g/mol. The molecule has 0 saturated carbocycles. The van der Waals surface area contributed by atoms with Crippen LogP contribution in [0.5, 0.6) is 0 Å². The van der Waals surface area contributed by atoms with Gasteiger partial charge in [0.15, 0.2) is 0 Å². The van der Waals surface area contributed by atoms with Crippen LogP contribution < -0.4 is 0 Å². The van der Waals surface area contributed by atoms with Gasteiger partial charge in [0.1, 0.15) is 6.10 Å². The van der Waals surface area contributed by atoms with Crippen molar-refractivity contribution in [2.45, 2.75) is 25.9 Å². The first-order valence-corrected chi connectivity index (χ1v) is 7.75. The lowest BCUT2D eigenvalue weighted by Gasteiger charge is -2.16. The molecule has 6 heteroatoms. The number of benzene rings is 1. The average molecular weight is 286 g/mol. The van der Waals surface area contributed by atoms with E-state index in [0.29, 0.717) is 12.0 Å². The molecule has 0 N–H and O–H groups in total. The first-order valence-electron chi connectivity index (χ1n) is 5.94. The summed E-state index contributed by atoms with van der Waals surface area (Å²) in [4.78, 5) is 11.3. The Morgan fingerprint density at radius 3 is 2.26 bits per heavy atom. The van der Waals surface area contributed by atoms with Crippen LogP contribution in [0.1, 0.15) is 41.8 Å². The number of ether oxygens (including phenoxy) is 1. The molecular formula is C13H18O5S. The molecule has 106 valence electrons. The summed E-state index contributed by atoms with van der Waals surface area (Å²) < 4.78 is 32.1. The molecule has 1 aromatic rings. The van der Waals surface area contributed by atoms with Crippen LogP contribution in [0.3, 0.4) is 0 Å². The quantitative estimate of drug-likeness (QED) is 0.593. The normalized spacial score (nSPS) is 13.0. The SMILES string of the molecule is CCCC(OS(C)(=O)=O)c1ccc(C(=O)OC)cc1. The van der Waals surface area contributed by atoms with E-state index in [1.54, 1.807) is 24.3 Å². The molecule has 1 aromatic carbocycles. The van der Waals surface area contributed by atoms with Gasteiger partial charge in [-0.25, -0.2) is 4.79 Å². The highest BCUT2D eigenvalue weighted by Crippen LogP contribution is 2.25. The van der Waals surface area contributed by atoms with Crippen molar-refractivity contribution in [1.29, 1.82) is 0 Å². The number of esters is 1.